The first-order chi connectivity index (χ1) is 19.6. The van der Waals surface area contributed by atoms with E-state index in [0.717, 1.165) is 36.8 Å². The first kappa shape index (κ1) is 27.2. The van der Waals surface area contributed by atoms with Gasteiger partial charge in [-0.2, -0.15) is 0 Å². The topological polar surface area (TPSA) is 98.6 Å². The summed E-state index contributed by atoms with van der Waals surface area (Å²) in [5.41, 5.74) is 3.10. The zero-order chi connectivity index (χ0) is 27.9. The number of carbonyl (C=O) groups is 2. The number of benzene rings is 3. The summed E-state index contributed by atoms with van der Waals surface area (Å²) in [4.78, 5) is 29.9. The third-order valence-electron chi connectivity index (χ3n) is 7.50. The molecule has 0 saturated heterocycles. The van der Waals surface area contributed by atoms with Crippen LogP contribution in [-0.4, -0.2) is 58.5 Å². The Labute approximate surface area is 234 Å². The zero-order valence-electron chi connectivity index (χ0n) is 23.0. The molecule has 0 aliphatic heterocycles. The highest BCUT2D eigenvalue weighted by atomic mass is 16.5. The van der Waals surface area contributed by atoms with Crippen molar-refractivity contribution < 1.29 is 19.1 Å². The molecule has 208 valence electrons. The van der Waals surface area contributed by atoms with Gasteiger partial charge in [0.25, 0.3) is 0 Å². The summed E-state index contributed by atoms with van der Waals surface area (Å²) < 4.78 is 12.8. The summed E-state index contributed by atoms with van der Waals surface area (Å²) in [7, 11) is 3.14. The van der Waals surface area contributed by atoms with Crippen LogP contribution in [0.25, 0.3) is 11.0 Å². The maximum absolute atomic E-state index is 14.2. The van der Waals surface area contributed by atoms with Crippen molar-refractivity contribution in [2.24, 2.45) is 0 Å². The first-order valence-electron chi connectivity index (χ1n) is 13.7. The summed E-state index contributed by atoms with van der Waals surface area (Å²) in [5, 5.41) is 11.7. The molecule has 40 heavy (non-hydrogen) atoms. The fourth-order valence-electron chi connectivity index (χ4n) is 5.40. The van der Waals surface area contributed by atoms with E-state index in [2.05, 4.69) is 15.6 Å². The second kappa shape index (κ2) is 12.6. The van der Waals surface area contributed by atoms with Gasteiger partial charge in [-0.25, -0.2) is 4.68 Å². The average molecular weight is 542 g/mol. The maximum atomic E-state index is 14.2. The van der Waals surface area contributed by atoms with Gasteiger partial charge in [0.1, 0.15) is 29.6 Å². The molecule has 0 bridgehead atoms. The van der Waals surface area contributed by atoms with E-state index in [1.165, 1.54) is 0 Å². The number of carbonyl (C=O) groups excluding carboxylic acids is 2. The van der Waals surface area contributed by atoms with Gasteiger partial charge in [0, 0.05) is 18.2 Å². The molecule has 1 aliphatic carbocycles. The normalized spacial score (nSPS) is 14.2. The highest BCUT2D eigenvalue weighted by Gasteiger charge is 2.35. The van der Waals surface area contributed by atoms with E-state index in [-0.39, 0.29) is 24.4 Å². The molecule has 2 amide bonds. The minimum Gasteiger partial charge on any atom is -0.497 e. The van der Waals surface area contributed by atoms with Crippen LogP contribution in [0, 0.1) is 0 Å². The molecule has 1 aliphatic rings. The predicted octanol–water partition coefficient (Wildman–Crippen LogP) is 4.32. The molecule has 1 aromatic heterocycles. The molecule has 0 radical (unpaired) electrons. The molecule has 9 heteroatoms. The lowest BCUT2D eigenvalue weighted by molar-refractivity contribution is -0.141. The van der Waals surface area contributed by atoms with Crippen LogP contribution in [-0.2, 0) is 22.6 Å². The van der Waals surface area contributed by atoms with Gasteiger partial charge < -0.3 is 19.7 Å². The van der Waals surface area contributed by atoms with Gasteiger partial charge in [-0.05, 0) is 55.2 Å². The highest BCUT2D eigenvalue weighted by molar-refractivity contribution is 5.90. The van der Waals surface area contributed by atoms with Crippen molar-refractivity contribution in [2.45, 2.75) is 50.7 Å². The lowest BCUT2D eigenvalue weighted by Crippen LogP contribution is -2.47. The van der Waals surface area contributed by atoms with Crippen molar-refractivity contribution in [1.82, 2.24) is 25.2 Å². The molecule has 0 unspecified atom stereocenters. The number of hydrogen-bond acceptors (Lipinski definition) is 6. The standard InChI is InChI=1S/C31H35N5O4/c1-39-24-16-17-28(40-2)25(20-24)30(31(38)32-23-12-6-7-13-23)35(19-18-22-10-4-3-5-11-22)29(37)21-36-27-15-9-8-14-26(27)33-34-36/h3-5,8-11,14-17,20,23,30H,6-7,12-13,18-19,21H2,1-2H3,(H,32,38)/t30-/m1/s1. The Morgan fingerprint density at radius 3 is 2.50 bits per heavy atom. The predicted molar refractivity (Wildman–Crippen MR) is 152 cm³/mol. The van der Waals surface area contributed by atoms with Crippen molar-refractivity contribution in [3.8, 4) is 11.5 Å². The summed E-state index contributed by atoms with van der Waals surface area (Å²) >= 11 is 0. The zero-order valence-corrected chi connectivity index (χ0v) is 23.0. The van der Waals surface area contributed by atoms with Crippen molar-refractivity contribution in [1.29, 1.82) is 0 Å². The average Bonchev–Trinajstić information content (AvgIpc) is 3.65. The Morgan fingerprint density at radius 2 is 1.75 bits per heavy atom. The van der Waals surface area contributed by atoms with E-state index in [9.17, 15) is 9.59 Å². The van der Waals surface area contributed by atoms with Crippen LogP contribution in [0.5, 0.6) is 11.5 Å². The number of aromatic nitrogens is 3. The second-order valence-electron chi connectivity index (χ2n) is 10.1. The number of amides is 2. The van der Waals surface area contributed by atoms with E-state index in [4.69, 9.17) is 9.47 Å². The Morgan fingerprint density at radius 1 is 1.00 bits per heavy atom. The molecule has 1 N–H and O–H groups in total. The number of rotatable bonds is 11. The van der Waals surface area contributed by atoms with Crippen LogP contribution >= 0.6 is 0 Å². The number of methoxy groups -OCH3 is 2. The molecule has 1 atom stereocenters. The molecular formula is C31H35N5O4. The minimum atomic E-state index is -0.934. The fraction of sp³-hybridized carbons (Fsp3) is 0.355. The van der Waals surface area contributed by atoms with E-state index in [1.807, 2.05) is 54.6 Å². The molecular weight excluding hydrogens is 506 g/mol. The van der Waals surface area contributed by atoms with Crippen LogP contribution < -0.4 is 14.8 Å². The van der Waals surface area contributed by atoms with Crippen LogP contribution in [0.3, 0.4) is 0 Å². The smallest absolute Gasteiger partial charge is 0.247 e. The Hall–Kier alpha value is -4.40. The highest BCUT2D eigenvalue weighted by Crippen LogP contribution is 2.34. The van der Waals surface area contributed by atoms with Gasteiger partial charge in [0.15, 0.2) is 0 Å². The summed E-state index contributed by atoms with van der Waals surface area (Å²) in [5.74, 6) is 0.606. The van der Waals surface area contributed by atoms with E-state index in [1.54, 1.807) is 42.0 Å². The van der Waals surface area contributed by atoms with Crippen LogP contribution in [0.15, 0.2) is 72.8 Å². The summed E-state index contributed by atoms with van der Waals surface area (Å²) in [6, 6.07) is 21.9. The Bertz CT molecular complexity index is 1450. The second-order valence-corrected chi connectivity index (χ2v) is 10.1. The maximum Gasteiger partial charge on any atom is 0.247 e. The molecule has 1 fully saturated rings. The van der Waals surface area contributed by atoms with E-state index in [0.29, 0.717) is 35.5 Å². The van der Waals surface area contributed by atoms with Gasteiger partial charge in [0.2, 0.25) is 11.8 Å². The van der Waals surface area contributed by atoms with Crippen LogP contribution in [0.1, 0.15) is 42.9 Å². The number of para-hydroxylation sites is 1. The minimum absolute atomic E-state index is 0.0607. The summed E-state index contributed by atoms with van der Waals surface area (Å²) in [6.45, 7) is 0.257. The summed E-state index contributed by atoms with van der Waals surface area (Å²) in [6.07, 6.45) is 4.58. The van der Waals surface area contributed by atoms with Gasteiger partial charge in [-0.15, -0.1) is 5.10 Å². The molecule has 5 rings (SSSR count). The Kier molecular flexibility index (Phi) is 8.59. The molecule has 3 aromatic carbocycles. The van der Waals surface area contributed by atoms with E-state index >= 15 is 0 Å². The number of ether oxygens (including phenoxy) is 2. The molecule has 9 nitrogen and oxygen atoms in total. The molecule has 0 spiro atoms. The van der Waals surface area contributed by atoms with Gasteiger partial charge in [-0.1, -0.05) is 60.5 Å². The third-order valence-corrected chi connectivity index (χ3v) is 7.50. The lowest BCUT2D eigenvalue weighted by atomic mass is 10.0. The Balaban J connectivity index is 1.55. The van der Waals surface area contributed by atoms with Crippen molar-refractivity contribution >= 4 is 22.8 Å². The molecule has 1 heterocycles. The van der Waals surface area contributed by atoms with Crippen LogP contribution in [0.2, 0.25) is 0 Å². The van der Waals surface area contributed by atoms with Crippen molar-refractivity contribution in [2.75, 3.05) is 20.8 Å². The number of fused-ring (bicyclic) bond motifs is 1. The van der Waals surface area contributed by atoms with Crippen molar-refractivity contribution in [3.63, 3.8) is 0 Å². The largest absolute Gasteiger partial charge is 0.497 e. The third kappa shape index (κ3) is 6.09. The van der Waals surface area contributed by atoms with Crippen LogP contribution in [0.4, 0.5) is 0 Å². The van der Waals surface area contributed by atoms with Gasteiger partial charge in [0.05, 0.1) is 19.7 Å². The molecule has 4 aromatic rings. The van der Waals surface area contributed by atoms with E-state index < -0.39 is 6.04 Å². The lowest BCUT2D eigenvalue weighted by Gasteiger charge is -2.33. The molecule has 1 saturated carbocycles. The fourth-order valence-corrected chi connectivity index (χ4v) is 5.40. The quantitative estimate of drug-likeness (QED) is 0.304. The number of nitrogens with zero attached hydrogens (tertiary/aromatic N) is 4. The SMILES string of the molecule is COc1ccc(OC)c([C@H](C(=O)NC2CCCC2)N(CCc2ccccc2)C(=O)Cn2nnc3ccccc32)c1. The number of hydrogen-bond donors (Lipinski definition) is 1. The first-order valence-corrected chi connectivity index (χ1v) is 13.7. The van der Waals surface area contributed by atoms with Gasteiger partial charge in [-0.3, -0.25) is 9.59 Å². The van der Waals surface area contributed by atoms with Gasteiger partial charge >= 0.3 is 0 Å². The monoisotopic (exact) mass is 541 g/mol. The number of nitrogens with one attached hydrogen (secondary N) is 1. The van der Waals surface area contributed by atoms with Crippen molar-refractivity contribution in [3.05, 3.63) is 83.9 Å².